The lowest BCUT2D eigenvalue weighted by Crippen LogP contribution is -2.05. The molecule has 0 heterocycles. The van der Waals surface area contributed by atoms with Gasteiger partial charge in [-0.25, -0.2) is 0 Å². The Morgan fingerprint density at radius 2 is 1.30 bits per heavy atom. The van der Waals surface area contributed by atoms with E-state index in [1.807, 2.05) is 11.8 Å². The average Bonchev–Trinajstić information content (AvgIpc) is 2.76. The Labute approximate surface area is 168 Å². The lowest BCUT2D eigenvalue weighted by Gasteiger charge is -2.40. The largest absolute Gasteiger partial charge is 0.167 e. The summed E-state index contributed by atoms with van der Waals surface area (Å²) in [5.74, 6) is 0. The van der Waals surface area contributed by atoms with Crippen LogP contribution in [0.1, 0.15) is 12.8 Å². The number of benzene rings is 3. The SMILES string of the molecule is CS(C1=CC=CCC1)(c1ccccc1)c1ccc(Sc2ccccc2)cc1. The molecule has 1 aliphatic rings. The maximum Gasteiger partial charge on any atom is 0.0123 e. The molecule has 0 radical (unpaired) electrons. The minimum absolute atomic E-state index is 1.14. The first-order chi connectivity index (χ1) is 13.3. The number of allylic oxidation sites excluding steroid dienone is 4. The summed E-state index contributed by atoms with van der Waals surface area (Å²) in [5.41, 5.74) is 0. The van der Waals surface area contributed by atoms with Gasteiger partial charge in [0.2, 0.25) is 0 Å². The summed E-state index contributed by atoms with van der Waals surface area (Å²) in [4.78, 5) is 7.02. The molecule has 27 heavy (non-hydrogen) atoms. The fourth-order valence-electron chi connectivity index (χ4n) is 3.46. The summed E-state index contributed by atoms with van der Waals surface area (Å²) in [5, 5.41) is 0. The van der Waals surface area contributed by atoms with Crippen molar-refractivity contribution in [3.05, 3.63) is 108 Å². The van der Waals surface area contributed by atoms with Gasteiger partial charge in [0.15, 0.2) is 0 Å². The first kappa shape index (κ1) is 18.2. The van der Waals surface area contributed by atoms with Crippen molar-refractivity contribution in [2.24, 2.45) is 0 Å². The summed E-state index contributed by atoms with van der Waals surface area (Å²) in [6.07, 6.45) is 11.6. The van der Waals surface area contributed by atoms with Gasteiger partial charge in [0.25, 0.3) is 0 Å². The Hall–Kier alpha value is -2.16. The van der Waals surface area contributed by atoms with Crippen LogP contribution in [0.15, 0.2) is 128 Å². The van der Waals surface area contributed by atoms with E-state index in [1.165, 1.54) is 19.6 Å². The Kier molecular flexibility index (Phi) is 5.56. The van der Waals surface area contributed by atoms with E-state index in [0.717, 1.165) is 12.8 Å². The van der Waals surface area contributed by atoms with Crippen molar-refractivity contribution >= 4 is 21.8 Å². The van der Waals surface area contributed by atoms with E-state index >= 15 is 0 Å². The summed E-state index contributed by atoms with van der Waals surface area (Å²) >= 11 is 1.82. The van der Waals surface area contributed by atoms with Crippen LogP contribution in [0.4, 0.5) is 0 Å². The molecule has 136 valence electrons. The Bertz CT molecular complexity index is 941. The van der Waals surface area contributed by atoms with Crippen LogP contribution in [-0.4, -0.2) is 6.26 Å². The first-order valence-electron chi connectivity index (χ1n) is 9.29. The molecule has 2 heteroatoms. The summed E-state index contributed by atoms with van der Waals surface area (Å²) in [6.45, 7) is 0. The summed E-state index contributed by atoms with van der Waals surface area (Å²) in [7, 11) is -1.19. The van der Waals surface area contributed by atoms with Crippen molar-refractivity contribution in [2.45, 2.75) is 32.4 Å². The lowest BCUT2D eigenvalue weighted by atomic mass is 10.2. The normalized spacial score (nSPS) is 17.0. The molecule has 0 aromatic heterocycles. The molecular weight excluding hydrogens is 364 g/mol. The third-order valence-electron chi connectivity index (χ3n) is 4.99. The molecule has 0 saturated carbocycles. The monoisotopic (exact) mass is 388 g/mol. The second kappa shape index (κ2) is 8.24. The number of hydrogen-bond donors (Lipinski definition) is 0. The number of hydrogen-bond acceptors (Lipinski definition) is 1. The Balaban J connectivity index is 1.70. The minimum Gasteiger partial charge on any atom is -0.167 e. The van der Waals surface area contributed by atoms with Crippen LogP contribution in [-0.2, 0) is 0 Å². The molecular formula is C25H24S2. The zero-order valence-corrected chi connectivity index (χ0v) is 17.2. The van der Waals surface area contributed by atoms with E-state index in [-0.39, 0.29) is 0 Å². The van der Waals surface area contributed by atoms with Crippen LogP contribution >= 0.6 is 21.8 Å². The second-order valence-corrected chi connectivity index (χ2v) is 11.2. The van der Waals surface area contributed by atoms with Crippen molar-refractivity contribution in [3.63, 3.8) is 0 Å². The van der Waals surface area contributed by atoms with Crippen molar-refractivity contribution < 1.29 is 0 Å². The quantitative estimate of drug-likeness (QED) is 0.427. The van der Waals surface area contributed by atoms with E-state index in [2.05, 4.69) is 109 Å². The zero-order valence-electron chi connectivity index (χ0n) is 15.5. The molecule has 0 spiro atoms. The summed E-state index contributed by atoms with van der Waals surface area (Å²) in [6, 6.07) is 30.8. The minimum atomic E-state index is -1.19. The topological polar surface area (TPSA) is 0 Å². The van der Waals surface area contributed by atoms with Gasteiger partial charge in [0.1, 0.15) is 0 Å². The zero-order chi connectivity index (χ0) is 18.5. The predicted octanol–water partition coefficient (Wildman–Crippen LogP) is 7.92. The van der Waals surface area contributed by atoms with Crippen molar-refractivity contribution in [1.82, 2.24) is 0 Å². The van der Waals surface area contributed by atoms with Gasteiger partial charge in [-0.1, -0.05) is 66.4 Å². The smallest absolute Gasteiger partial charge is 0.0123 e. The summed E-state index contributed by atoms with van der Waals surface area (Å²) < 4.78 is 0. The van der Waals surface area contributed by atoms with Gasteiger partial charge < -0.3 is 0 Å². The fourth-order valence-corrected chi connectivity index (χ4v) is 7.43. The number of rotatable bonds is 5. The Morgan fingerprint density at radius 1 is 0.704 bits per heavy atom. The highest BCUT2D eigenvalue weighted by Gasteiger charge is 2.27. The van der Waals surface area contributed by atoms with Gasteiger partial charge >= 0.3 is 0 Å². The average molecular weight is 389 g/mol. The molecule has 0 saturated heterocycles. The van der Waals surface area contributed by atoms with E-state index in [4.69, 9.17) is 0 Å². The van der Waals surface area contributed by atoms with E-state index in [0.29, 0.717) is 0 Å². The lowest BCUT2D eigenvalue weighted by molar-refractivity contribution is 1.01. The standard InChI is InChI=1S/C25H24S2/c1-27(23-13-7-3-8-14-23,24-15-9-4-10-16-24)25-19-17-22(18-20-25)26-21-11-5-2-6-12-21/h2-9,11-15,17-20H,10,16H2,1H3. The van der Waals surface area contributed by atoms with Crippen LogP contribution in [0, 0.1) is 0 Å². The van der Waals surface area contributed by atoms with Crippen molar-refractivity contribution in [3.8, 4) is 0 Å². The molecule has 4 rings (SSSR count). The highest BCUT2D eigenvalue weighted by molar-refractivity contribution is 8.36. The van der Waals surface area contributed by atoms with E-state index in [9.17, 15) is 0 Å². The van der Waals surface area contributed by atoms with Gasteiger partial charge in [0.05, 0.1) is 0 Å². The van der Waals surface area contributed by atoms with E-state index in [1.54, 1.807) is 4.91 Å². The molecule has 0 aliphatic heterocycles. The van der Waals surface area contributed by atoms with Gasteiger partial charge in [-0.15, -0.1) is 0 Å². The highest BCUT2D eigenvalue weighted by atomic mass is 32.3. The Morgan fingerprint density at radius 3 is 1.93 bits per heavy atom. The van der Waals surface area contributed by atoms with Gasteiger partial charge in [-0.2, -0.15) is 10.0 Å². The van der Waals surface area contributed by atoms with Crippen LogP contribution < -0.4 is 0 Å². The third kappa shape index (κ3) is 3.92. The molecule has 0 nitrogen and oxygen atoms in total. The van der Waals surface area contributed by atoms with Crippen LogP contribution in [0.2, 0.25) is 0 Å². The van der Waals surface area contributed by atoms with Crippen molar-refractivity contribution in [2.75, 3.05) is 6.26 Å². The molecule has 0 fully saturated rings. The van der Waals surface area contributed by atoms with Crippen LogP contribution in [0.5, 0.6) is 0 Å². The maximum atomic E-state index is 2.45. The van der Waals surface area contributed by atoms with Crippen LogP contribution in [0.25, 0.3) is 0 Å². The van der Waals surface area contributed by atoms with Gasteiger partial charge in [0, 0.05) is 9.79 Å². The second-order valence-electron chi connectivity index (χ2n) is 6.72. The van der Waals surface area contributed by atoms with E-state index < -0.39 is 10.0 Å². The molecule has 1 atom stereocenters. The molecule has 0 N–H and O–H groups in total. The molecule has 1 aliphatic carbocycles. The molecule has 3 aromatic rings. The van der Waals surface area contributed by atoms with Crippen molar-refractivity contribution in [1.29, 1.82) is 0 Å². The van der Waals surface area contributed by atoms with Gasteiger partial charge in [-0.05, 0) is 82.3 Å². The molecule has 0 bridgehead atoms. The van der Waals surface area contributed by atoms with Crippen LogP contribution in [0.3, 0.4) is 0 Å². The molecule has 1 unspecified atom stereocenters. The maximum absolute atomic E-state index is 2.45. The predicted molar refractivity (Wildman–Crippen MR) is 120 cm³/mol. The van der Waals surface area contributed by atoms with Gasteiger partial charge in [-0.3, -0.25) is 0 Å². The first-order valence-corrected chi connectivity index (χ1v) is 12.1. The highest BCUT2D eigenvalue weighted by Crippen LogP contribution is 2.66. The fraction of sp³-hybridized carbons (Fsp3) is 0.120. The third-order valence-corrected chi connectivity index (χ3v) is 9.82. The molecule has 3 aromatic carbocycles. The molecule has 0 amide bonds.